The van der Waals surface area contributed by atoms with E-state index >= 15 is 0 Å². The number of aliphatic hydroxyl groups is 2. The van der Waals surface area contributed by atoms with E-state index in [4.69, 9.17) is 10.2 Å². The van der Waals surface area contributed by atoms with Crippen LogP contribution >= 0.6 is 46.4 Å². The van der Waals surface area contributed by atoms with Gasteiger partial charge in [-0.15, -0.1) is 0 Å². The van der Waals surface area contributed by atoms with E-state index in [1.165, 1.54) is 0 Å². The summed E-state index contributed by atoms with van der Waals surface area (Å²) in [6, 6.07) is 0. The van der Waals surface area contributed by atoms with Gasteiger partial charge in [0.15, 0.2) is 0 Å². The standard InChI is InChI=1S/C2H4N2O2S4/c5-1(7)3-9-10-4-2(6)8/h(H2,3,5,7)(H2,4,6,8). The average molecular weight is 216 g/mol. The first-order valence-electron chi connectivity index (χ1n) is 1.93. The summed E-state index contributed by atoms with van der Waals surface area (Å²) < 4.78 is 4.67. The highest BCUT2D eigenvalue weighted by Crippen LogP contribution is 2.11. The second-order valence-corrected chi connectivity index (χ2v) is 3.50. The van der Waals surface area contributed by atoms with Crippen LogP contribution in [-0.4, -0.2) is 20.6 Å². The van der Waals surface area contributed by atoms with E-state index in [1.54, 1.807) is 0 Å². The lowest BCUT2D eigenvalue weighted by molar-refractivity contribution is 0.553. The molecule has 0 heterocycles. The molecule has 0 saturated carbocycles. The molecule has 0 amide bonds. The van der Waals surface area contributed by atoms with Crippen LogP contribution in [0.2, 0.25) is 0 Å². The SMILES string of the molecule is OC(=S)NSSNC(O)=S. The minimum absolute atomic E-state index is 0.317. The summed E-state index contributed by atoms with van der Waals surface area (Å²) in [5.41, 5.74) is 0. The lowest BCUT2D eigenvalue weighted by atomic mass is 11.4. The maximum Gasteiger partial charge on any atom is 0.265 e. The molecule has 10 heavy (non-hydrogen) atoms. The lowest BCUT2D eigenvalue weighted by Crippen LogP contribution is -2.14. The first-order chi connectivity index (χ1) is 4.63. The van der Waals surface area contributed by atoms with Crippen LogP contribution in [0.15, 0.2) is 0 Å². The van der Waals surface area contributed by atoms with Crippen molar-refractivity contribution in [1.29, 1.82) is 0 Å². The minimum Gasteiger partial charge on any atom is -0.486 e. The topological polar surface area (TPSA) is 64.5 Å². The fourth-order valence-corrected chi connectivity index (χ4v) is 1.63. The van der Waals surface area contributed by atoms with Crippen molar-refractivity contribution in [3.8, 4) is 0 Å². The number of rotatable bonds is 3. The lowest BCUT2D eigenvalue weighted by Gasteiger charge is -1.99. The molecule has 4 N–H and O–H groups in total. The monoisotopic (exact) mass is 216 g/mol. The molecule has 0 aliphatic rings. The first kappa shape index (κ1) is 10.1. The summed E-state index contributed by atoms with van der Waals surface area (Å²) in [4.78, 5) is 0. The van der Waals surface area contributed by atoms with E-state index in [1.807, 2.05) is 0 Å². The van der Waals surface area contributed by atoms with Gasteiger partial charge in [0.1, 0.15) is 0 Å². The van der Waals surface area contributed by atoms with Gasteiger partial charge in [0.2, 0.25) is 0 Å². The Hall–Kier alpha value is 0.0800. The average Bonchev–Trinajstić information content (AvgIpc) is 1.79. The van der Waals surface area contributed by atoms with Gasteiger partial charge >= 0.3 is 0 Å². The van der Waals surface area contributed by atoms with Gasteiger partial charge < -0.3 is 10.2 Å². The van der Waals surface area contributed by atoms with Crippen molar-refractivity contribution < 1.29 is 10.2 Å². The van der Waals surface area contributed by atoms with Crippen LogP contribution in [0.4, 0.5) is 0 Å². The summed E-state index contributed by atoms with van der Waals surface area (Å²) in [6.45, 7) is 0. The van der Waals surface area contributed by atoms with Gasteiger partial charge in [0, 0.05) is 22.0 Å². The predicted octanol–water partition coefficient (Wildman–Crippen LogP) is 1.06. The summed E-state index contributed by atoms with van der Waals surface area (Å²) in [7, 11) is 2.01. The number of hydrogen-bond donors (Lipinski definition) is 4. The van der Waals surface area contributed by atoms with E-state index < -0.39 is 0 Å². The Balaban J connectivity index is 3.06. The van der Waals surface area contributed by atoms with E-state index in [9.17, 15) is 0 Å². The van der Waals surface area contributed by atoms with Crippen LogP contribution in [0, 0.1) is 0 Å². The molecule has 0 fully saturated rings. The fraction of sp³-hybridized carbons (Fsp3) is 0. The smallest absolute Gasteiger partial charge is 0.265 e. The van der Waals surface area contributed by atoms with Crippen LogP contribution in [-0.2, 0) is 0 Å². The minimum atomic E-state index is -0.317. The summed E-state index contributed by atoms with van der Waals surface area (Å²) >= 11 is 8.52. The molecule has 0 bridgehead atoms. The molecule has 4 nitrogen and oxygen atoms in total. The Morgan fingerprint density at radius 3 is 1.50 bits per heavy atom. The summed E-state index contributed by atoms with van der Waals surface area (Å²) in [5, 5.41) is 16.1. The maximum absolute atomic E-state index is 8.38. The van der Waals surface area contributed by atoms with Crippen molar-refractivity contribution in [3.63, 3.8) is 0 Å². The molecule has 0 aromatic carbocycles. The molecule has 0 saturated heterocycles. The third-order valence-electron chi connectivity index (χ3n) is 0.300. The molecular formula is C2H4N2O2S4. The van der Waals surface area contributed by atoms with Crippen LogP contribution in [0.3, 0.4) is 0 Å². The normalized spacial score (nSPS) is 8.40. The zero-order chi connectivity index (χ0) is 7.98. The van der Waals surface area contributed by atoms with Gasteiger partial charge in [-0.25, -0.2) is 0 Å². The molecule has 8 heteroatoms. The second kappa shape index (κ2) is 5.83. The quantitative estimate of drug-likeness (QED) is 0.242. The van der Waals surface area contributed by atoms with E-state index in [2.05, 4.69) is 33.9 Å². The van der Waals surface area contributed by atoms with Crippen molar-refractivity contribution >= 4 is 56.7 Å². The second-order valence-electron chi connectivity index (χ2n) is 0.981. The highest BCUT2D eigenvalue weighted by molar-refractivity contribution is 8.75. The molecule has 0 aliphatic heterocycles. The van der Waals surface area contributed by atoms with Gasteiger partial charge in [-0.1, -0.05) is 0 Å². The summed E-state index contributed by atoms with van der Waals surface area (Å²) in [5.74, 6) is 0. The van der Waals surface area contributed by atoms with Crippen LogP contribution in [0.5, 0.6) is 0 Å². The molecule has 0 aliphatic carbocycles. The van der Waals surface area contributed by atoms with Crippen molar-refractivity contribution in [1.82, 2.24) is 9.44 Å². The molecule has 58 valence electrons. The van der Waals surface area contributed by atoms with Crippen molar-refractivity contribution in [2.24, 2.45) is 0 Å². The summed E-state index contributed by atoms with van der Waals surface area (Å²) in [6.07, 6.45) is 0. The number of aliphatic hydroxyl groups excluding tert-OH is 2. The molecule has 0 radical (unpaired) electrons. The molecule has 0 atom stereocenters. The molecular weight excluding hydrogens is 212 g/mol. The fourth-order valence-electron chi connectivity index (χ4n) is 0.113. The Kier molecular flexibility index (Phi) is 5.88. The van der Waals surface area contributed by atoms with E-state index in [0.717, 1.165) is 22.0 Å². The molecule has 0 rings (SSSR count). The third-order valence-corrected chi connectivity index (χ3v) is 2.15. The molecule has 0 spiro atoms. The van der Waals surface area contributed by atoms with Crippen LogP contribution < -0.4 is 9.44 Å². The van der Waals surface area contributed by atoms with Crippen molar-refractivity contribution in [2.75, 3.05) is 0 Å². The Morgan fingerprint density at radius 1 is 1.00 bits per heavy atom. The van der Waals surface area contributed by atoms with Crippen LogP contribution in [0.25, 0.3) is 0 Å². The van der Waals surface area contributed by atoms with Gasteiger partial charge in [0.25, 0.3) is 10.3 Å². The Labute approximate surface area is 76.4 Å². The number of thiocarbonyl (C=S) groups is 2. The van der Waals surface area contributed by atoms with Gasteiger partial charge in [0.05, 0.1) is 0 Å². The maximum atomic E-state index is 8.38. The van der Waals surface area contributed by atoms with Crippen LogP contribution in [0.1, 0.15) is 0 Å². The Bertz CT molecular complexity index is 123. The van der Waals surface area contributed by atoms with Gasteiger partial charge in [-0.05, 0) is 24.4 Å². The Morgan fingerprint density at radius 2 is 1.30 bits per heavy atom. The number of hydrogen-bond acceptors (Lipinski definition) is 4. The third kappa shape index (κ3) is 8.08. The zero-order valence-electron chi connectivity index (χ0n) is 4.53. The molecule has 0 aromatic rings. The first-order valence-corrected chi connectivity index (χ1v) is 4.90. The zero-order valence-corrected chi connectivity index (χ0v) is 7.79. The van der Waals surface area contributed by atoms with Gasteiger partial charge in [-0.2, -0.15) is 0 Å². The van der Waals surface area contributed by atoms with Crippen molar-refractivity contribution in [2.45, 2.75) is 0 Å². The predicted molar refractivity (Wildman–Crippen MR) is 51.9 cm³/mol. The number of nitrogens with one attached hydrogen (secondary N) is 2. The van der Waals surface area contributed by atoms with E-state index in [-0.39, 0.29) is 10.3 Å². The highest BCUT2D eigenvalue weighted by atomic mass is 33.1. The highest BCUT2D eigenvalue weighted by Gasteiger charge is 1.91. The largest absolute Gasteiger partial charge is 0.486 e. The molecule has 0 aromatic heterocycles. The van der Waals surface area contributed by atoms with Crippen molar-refractivity contribution in [3.05, 3.63) is 0 Å². The van der Waals surface area contributed by atoms with Gasteiger partial charge in [-0.3, -0.25) is 9.44 Å². The molecule has 0 unspecified atom stereocenters. The van der Waals surface area contributed by atoms with E-state index in [0.29, 0.717) is 0 Å².